The Morgan fingerprint density at radius 1 is 1.43 bits per heavy atom. The van der Waals surface area contributed by atoms with Crippen LogP contribution in [0.3, 0.4) is 0 Å². The van der Waals surface area contributed by atoms with Crippen molar-refractivity contribution in [3.8, 4) is 0 Å². The second-order valence-electron chi connectivity index (χ2n) is 6.82. The molecule has 0 aromatic carbocycles. The van der Waals surface area contributed by atoms with Gasteiger partial charge >= 0.3 is 0 Å². The zero-order valence-electron chi connectivity index (χ0n) is 14.4. The maximum absolute atomic E-state index is 9.07. The normalized spacial score (nSPS) is 26.4. The summed E-state index contributed by atoms with van der Waals surface area (Å²) in [5, 5.41) is 12.7. The number of methoxy groups -OCH3 is 1. The average molecular weight is 300 g/mol. The molecule has 0 aromatic rings. The van der Waals surface area contributed by atoms with Gasteiger partial charge in [-0.15, -0.1) is 0 Å². The molecule has 1 aliphatic carbocycles. The maximum Gasteiger partial charge on any atom is 0.0587 e. The van der Waals surface area contributed by atoms with E-state index < -0.39 is 0 Å². The molecule has 1 aliphatic rings. The lowest BCUT2D eigenvalue weighted by Crippen LogP contribution is -2.47. The molecule has 0 aliphatic heterocycles. The van der Waals surface area contributed by atoms with E-state index in [2.05, 4.69) is 24.1 Å². The molecular formula is C17H36N2O2. The Bertz CT molecular complexity index is 263. The van der Waals surface area contributed by atoms with Crippen molar-refractivity contribution in [2.24, 2.45) is 11.3 Å². The lowest BCUT2D eigenvalue weighted by Gasteiger charge is -2.43. The molecule has 1 rings (SSSR count). The van der Waals surface area contributed by atoms with Crippen LogP contribution in [0.2, 0.25) is 0 Å². The van der Waals surface area contributed by atoms with E-state index in [-0.39, 0.29) is 0 Å². The van der Waals surface area contributed by atoms with Crippen molar-refractivity contribution in [1.82, 2.24) is 10.2 Å². The molecule has 1 fully saturated rings. The first-order chi connectivity index (χ1) is 10.2. The maximum atomic E-state index is 9.07. The molecule has 0 heterocycles. The van der Waals surface area contributed by atoms with E-state index >= 15 is 0 Å². The summed E-state index contributed by atoms with van der Waals surface area (Å²) in [5.41, 5.74) is 0.400. The Kier molecular flexibility index (Phi) is 9.49. The fourth-order valence-corrected chi connectivity index (χ4v) is 3.77. The highest BCUT2D eigenvalue weighted by Gasteiger charge is 2.35. The molecule has 4 nitrogen and oxygen atoms in total. The molecule has 2 atom stereocenters. The van der Waals surface area contributed by atoms with Crippen molar-refractivity contribution < 1.29 is 9.84 Å². The highest BCUT2D eigenvalue weighted by Crippen LogP contribution is 2.39. The van der Waals surface area contributed by atoms with Gasteiger partial charge in [0.15, 0.2) is 0 Å². The van der Waals surface area contributed by atoms with Gasteiger partial charge in [0.1, 0.15) is 0 Å². The van der Waals surface area contributed by atoms with Crippen molar-refractivity contribution in [2.75, 3.05) is 53.0 Å². The van der Waals surface area contributed by atoms with Crippen LogP contribution < -0.4 is 5.32 Å². The number of nitrogens with one attached hydrogen (secondary N) is 1. The fraction of sp³-hybridized carbons (Fsp3) is 1.00. The quantitative estimate of drug-likeness (QED) is 0.574. The molecule has 4 heteroatoms. The zero-order valence-corrected chi connectivity index (χ0v) is 14.4. The van der Waals surface area contributed by atoms with Gasteiger partial charge in [-0.3, -0.25) is 0 Å². The van der Waals surface area contributed by atoms with Crippen molar-refractivity contribution in [1.29, 1.82) is 0 Å². The standard InChI is InChI=1S/C17H36N2O2/c1-4-19(10-6-11-20)15-17(14-18-9-12-21-3)8-5-7-16(2)13-17/h16,18,20H,4-15H2,1-3H3. The van der Waals surface area contributed by atoms with E-state index in [1.807, 2.05) is 0 Å². The van der Waals surface area contributed by atoms with E-state index in [0.29, 0.717) is 12.0 Å². The van der Waals surface area contributed by atoms with Gasteiger partial charge in [0.05, 0.1) is 6.61 Å². The largest absolute Gasteiger partial charge is 0.396 e. The summed E-state index contributed by atoms with van der Waals surface area (Å²) in [6, 6.07) is 0. The van der Waals surface area contributed by atoms with Crippen LogP contribution in [-0.2, 0) is 4.74 Å². The molecule has 0 aromatic heterocycles. The van der Waals surface area contributed by atoms with Gasteiger partial charge in [0.25, 0.3) is 0 Å². The summed E-state index contributed by atoms with van der Waals surface area (Å²) in [6.45, 7) is 11.0. The molecule has 21 heavy (non-hydrogen) atoms. The van der Waals surface area contributed by atoms with Crippen LogP contribution in [0.1, 0.15) is 46.0 Å². The summed E-state index contributed by atoms with van der Waals surface area (Å²) in [7, 11) is 1.76. The molecule has 0 bridgehead atoms. The highest BCUT2D eigenvalue weighted by atomic mass is 16.5. The minimum Gasteiger partial charge on any atom is -0.396 e. The van der Waals surface area contributed by atoms with E-state index in [1.54, 1.807) is 7.11 Å². The van der Waals surface area contributed by atoms with Gasteiger partial charge in [-0.1, -0.05) is 26.7 Å². The lowest BCUT2D eigenvalue weighted by molar-refractivity contribution is 0.0766. The Balaban J connectivity index is 2.57. The minimum atomic E-state index is 0.298. The molecule has 1 saturated carbocycles. The molecule has 0 radical (unpaired) electrons. The molecule has 126 valence electrons. The van der Waals surface area contributed by atoms with Gasteiger partial charge in [0.2, 0.25) is 0 Å². The van der Waals surface area contributed by atoms with Crippen LogP contribution in [0.5, 0.6) is 0 Å². The van der Waals surface area contributed by atoms with Gasteiger partial charge in [0, 0.05) is 39.9 Å². The second-order valence-corrected chi connectivity index (χ2v) is 6.82. The number of rotatable bonds is 11. The van der Waals surface area contributed by atoms with Crippen LogP contribution in [0, 0.1) is 11.3 Å². The van der Waals surface area contributed by atoms with Crippen molar-refractivity contribution in [3.63, 3.8) is 0 Å². The molecule has 2 N–H and O–H groups in total. The summed E-state index contributed by atoms with van der Waals surface area (Å²) < 4.78 is 5.14. The van der Waals surface area contributed by atoms with Gasteiger partial charge in [-0.25, -0.2) is 0 Å². The predicted molar refractivity (Wildman–Crippen MR) is 88.6 cm³/mol. The first kappa shape index (κ1) is 18.9. The topological polar surface area (TPSA) is 44.7 Å². The van der Waals surface area contributed by atoms with Gasteiger partial charge in [-0.2, -0.15) is 0 Å². The third kappa shape index (κ3) is 7.09. The molecule has 0 spiro atoms. The number of aliphatic hydroxyl groups is 1. The molecule has 0 saturated heterocycles. The summed E-state index contributed by atoms with van der Waals surface area (Å²) in [6.07, 6.45) is 6.26. The second kappa shape index (κ2) is 10.5. The van der Waals surface area contributed by atoms with Crippen molar-refractivity contribution >= 4 is 0 Å². The highest BCUT2D eigenvalue weighted by molar-refractivity contribution is 4.89. The molecular weight excluding hydrogens is 264 g/mol. The third-order valence-corrected chi connectivity index (χ3v) is 4.81. The number of ether oxygens (including phenoxy) is 1. The van der Waals surface area contributed by atoms with E-state index in [4.69, 9.17) is 9.84 Å². The molecule has 0 amide bonds. The van der Waals surface area contributed by atoms with Gasteiger partial charge in [-0.05, 0) is 37.1 Å². The number of aliphatic hydroxyl groups excluding tert-OH is 1. The summed E-state index contributed by atoms with van der Waals surface area (Å²) >= 11 is 0. The monoisotopic (exact) mass is 300 g/mol. The van der Waals surface area contributed by atoms with Crippen molar-refractivity contribution in [3.05, 3.63) is 0 Å². The van der Waals surface area contributed by atoms with Crippen LogP contribution in [0.4, 0.5) is 0 Å². The van der Waals surface area contributed by atoms with Crippen molar-refractivity contribution in [2.45, 2.75) is 46.0 Å². The summed E-state index contributed by atoms with van der Waals surface area (Å²) in [4.78, 5) is 2.52. The van der Waals surface area contributed by atoms with Crippen LogP contribution in [0.15, 0.2) is 0 Å². The lowest BCUT2D eigenvalue weighted by atomic mass is 9.69. The Morgan fingerprint density at radius 3 is 2.86 bits per heavy atom. The van der Waals surface area contributed by atoms with Gasteiger partial charge < -0.3 is 20.1 Å². The first-order valence-corrected chi connectivity index (χ1v) is 8.68. The Hall–Kier alpha value is -0.160. The first-order valence-electron chi connectivity index (χ1n) is 8.68. The van der Waals surface area contributed by atoms with E-state index in [0.717, 1.165) is 51.7 Å². The Morgan fingerprint density at radius 2 is 2.24 bits per heavy atom. The zero-order chi connectivity index (χ0) is 15.6. The van der Waals surface area contributed by atoms with Crippen LogP contribution in [0.25, 0.3) is 0 Å². The third-order valence-electron chi connectivity index (χ3n) is 4.81. The van der Waals surface area contributed by atoms with Crippen LogP contribution in [-0.4, -0.2) is 63.1 Å². The number of nitrogens with zero attached hydrogens (tertiary/aromatic N) is 1. The Labute approximate surface area is 131 Å². The van der Waals surface area contributed by atoms with E-state index in [1.165, 1.54) is 25.7 Å². The number of hydrogen-bond donors (Lipinski definition) is 2. The smallest absolute Gasteiger partial charge is 0.0587 e. The predicted octanol–water partition coefficient (Wildman–Crippen LogP) is 2.12. The minimum absolute atomic E-state index is 0.298. The average Bonchev–Trinajstić information content (AvgIpc) is 2.48. The van der Waals surface area contributed by atoms with Crippen LogP contribution >= 0.6 is 0 Å². The fourth-order valence-electron chi connectivity index (χ4n) is 3.77. The molecule has 2 unspecified atom stereocenters. The number of hydrogen-bond acceptors (Lipinski definition) is 4. The summed E-state index contributed by atoms with van der Waals surface area (Å²) in [5.74, 6) is 0.833. The van der Waals surface area contributed by atoms with E-state index in [9.17, 15) is 0 Å². The SMILES string of the molecule is CCN(CCCO)CC1(CNCCOC)CCCC(C)C1.